The second-order valence-electron chi connectivity index (χ2n) is 7.99. The molecule has 2 N–H and O–H groups in total. The van der Waals surface area contributed by atoms with Crippen LogP contribution in [0.3, 0.4) is 0 Å². The summed E-state index contributed by atoms with van der Waals surface area (Å²) in [6.07, 6.45) is 0. The first-order valence-electron chi connectivity index (χ1n) is 10.6. The van der Waals surface area contributed by atoms with Crippen molar-refractivity contribution in [2.24, 2.45) is 5.92 Å². The molecule has 0 radical (unpaired) electrons. The number of rotatable bonds is 7. The number of nitrogens with one attached hydrogen (secondary N) is 2. The van der Waals surface area contributed by atoms with Crippen molar-refractivity contribution < 1.29 is 19.1 Å². The standard InChI is InChI=1S/C25H24ClN3O4S/c1-14(2)15-7-9-16(10-8-15)21-19(12-27)24(29-23(31)22(21)25(32)33-3)34-13-20(30)28-18-6-4-5-17(26)11-18/h4-11,14,21-22H,13H2,1-3H3,(H,28,30)(H,29,31). The molecule has 9 heteroatoms. The zero-order chi connectivity index (χ0) is 24.8. The summed E-state index contributed by atoms with van der Waals surface area (Å²) in [5.41, 5.74) is 2.48. The molecule has 1 aliphatic heterocycles. The van der Waals surface area contributed by atoms with E-state index in [0.717, 1.165) is 17.3 Å². The van der Waals surface area contributed by atoms with Gasteiger partial charge in [-0.2, -0.15) is 5.26 Å². The number of anilines is 1. The molecule has 34 heavy (non-hydrogen) atoms. The molecular formula is C25H24ClN3O4S. The van der Waals surface area contributed by atoms with Gasteiger partial charge >= 0.3 is 5.97 Å². The van der Waals surface area contributed by atoms with Crippen LogP contribution in [0.2, 0.25) is 5.02 Å². The molecule has 2 aromatic carbocycles. The molecule has 2 amide bonds. The molecule has 3 rings (SSSR count). The summed E-state index contributed by atoms with van der Waals surface area (Å²) >= 11 is 6.97. The van der Waals surface area contributed by atoms with Crippen molar-refractivity contribution in [2.45, 2.75) is 25.7 Å². The summed E-state index contributed by atoms with van der Waals surface area (Å²) in [7, 11) is 1.20. The number of hydrogen-bond donors (Lipinski definition) is 2. The molecule has 2 atom stereocenters. The fourth-order valence-electron chi connectivity index (χ4n) is 3.67. The maximum atomic E-state index is 12.9. The van der Waals surface area contributed by atoms with E-state index in [2.05, 4.69) is 30.6 Å². The Balaban J connectivity index is 1.90. The smallest absolute Gasteiger partial charge is 0.319 e. The van der Waals surface area contributed by atoms with Gasteiger partial charge in [0.2, 0.25) is 11.8 Å². The number of amides is 2. The van der Waals surface area contributed by atoms with Gasteiger partial charge in [0.15, 0.2) is 0 Å². The number of methoxy groups -OCH3 is 1. The van der Waals surface area contributed by atoms with Crippen molar-refractivity contribution in [2.75, 3.05) is 18.2 Å². The largest absolute Gasteiger partial charge is 0.468 e. The highest BCUT2D eigenvalue weighted by molar-refractivity contribution is 8.03. The lowest BCUT2D eigenvalue weighted by Crippen LogP contribution is -2.44. The molecule has 2 unspecified atom stereocenters. The number of hydrogen-bond acceptors (Lipinski definition) is 6. The van der Waals surface area contributed by atoms with Crippen molar-refractivity contribution in [3.8, 4) is 6.07 Å². The minimum Gasteiger partial charge on any atom is -0.468 e. The average molecular weight is 498 g/mol. The van der Waals surface area contributed by atoms with E-state index in [1.807, 2.05) is 24.3 Å². The molecule has 0 saturated heterocycles. The van der Waals surface area contributed by atoms with E-state index >= 15 is 0 Å². The Bertz CT molecular complexity index is 1170. The van der Waals surface area contributed by atoms with E-state index in [4.69, 9.17) is 16.3 Å². The van der Waals surface area contributed by atoms with Gasteiger partial charge in [-0.05, 0) is 35.2 Å². The predicted octanol–water partition coefficient (Wildman–Crippen LogP) is 4.57. The third kappa shape index (κ3) is 5.79. The second kappa shape index (κ2) is 11.2. The maximum Gasteiger partial charge on any atom is 0.319 e. The predicted molar refractivity (Wildman–Crippen MR) is 132 cm³/mol. The van der Waals surface area contributed by atoms with E-state index < -0.39 is 23.7 Å². The summed E-state index contributed by atoms with van der Waals surface area (Å²) in [5, 5.41) is 16.1. The number of benzene rings is 2. The van der Waals surface area contributed by atoms with Crippen LogP contribution in [0.1, 0.15) is 36.8 Å². The first-order valence-corrected chi connectivity index (χ1v) is 11.9. The Labute approximate surface area is 207 Å². The van der Waals surface area contributed by atoms with Crippen LogP contribution in [0, 0.1) is 17.2 Å². The highest BCUT2D eigenvalue weighted by atomic mass is 35.5. The van der Waals surface area contributed by atoms with Crippen LogP contribution in [-0.2, 0) is 19.1 Å². The van der Waals surface area contributed by atoms with Crippen LogP contribution in [0.15, 0.2) is 59.1 Å². The van der Waals surface area contributed by atoms with E-state index in [1.165, 1.54) is 7.11 Å². The van der Waals surface area contributed by atoms with Crippen LogP contribution in [0.25, 0.3) is 0 Å². The fraction of sp³-hybridized carbons (Fsp3) is 0.280. The normalized spacial score (nSPS) is 17.7. The van der Waals surface area contributed by atoms with Crippen LogP contribution in [0.5, 0.6) is 0 Å². The maximum absolute atomic E-state index is 12.9. The highest BCUT2D eigenvalue weighted by Crippen LogP contribution is 2.40. The Morgan fingerprint density at radius 3 is 2.53 bits per heavy atom. The molecule has 0 aliphatic carbocycles. The SMILES string of the molecule is COC(=O)C1C(=O)NC(SCC(=O)Nc2cccc(Cl)c2)=C(C#N)C1c1ccc(C(C)C)cc1. The molecule has 176 valence electrons. The molecule has 0 spiro atoms. The molecule has 0 fully saturated rings. The Kier molecular flexibility index (Phi) is 8.37. The number of thioether (sulfide) groups is 1. The van der Waals surface area contributed by atoms with Gasteiger partial charge in [0.1, 0.15) is 5.92 Å². The fourth-order valence-corrected chi connectivity index (χ4v) is 4.71. The molecule has 0 aromatic heterocycles. The Morgan fingerprint density at radius 2 is 1.94 bits per heavy atom. The van der Waals surface area contributed by atoms with Crippen molar-refractivity contribution in [3.63, 3.8) is 0 Å². The molecule has 0 saturated carbocycles. The first-order chi connectivity index (χ1) is 16.2. The van der Waals surface area contributed by atoms with E-state index in [1.54, 1.807) is 24.3 Å². The summed E-state index contributed by atoms with van der Waals surface area (Å²) in [4.78, 5) is 37.9. The monoisotopic (exact) mass is 497 g/mol. The van der Waals surface area contributed by atoms with Crippen LogP contribution >= 0.6 is 23.4 Å². The van der Waals surface area contributed by atoms with Gasteiger partial charge in [0, 0.05) is 16.6 Å². The molecule has 7 nitrogen and oxygen atoms in total. The van der Waals surface area contributed by atoms with Gasteiger partial charge < -0.3 is 15.4 Å². The van der Waals surface area contributed by atoms with Gasteiger partial charge in [-0.15, -0.1) is 0 Å². The lowest BCUT2D eigenvalue weighted by atomic mass is 9.78. The van der Waals surface area contributed by atoms with Crippen molar-refractivity contribution in [1.29, 1.82) is 5.26 Å². The summed E-state index contributed by atoms with van der Waals surface area (Å²) in [6, 6.07) is 16.3. The number of nitriles is 1. The highest BCUT2D eigenvalue weighted by Gasteiger charge is 2.44. The molecular weight excluding hydrogens is 474 g/mol. The number of ether oxygens (including phenoxy) is 1. The zero-order valence-corrected chi connectivity index (χ0v) is 20.5. The number of esters is 1. The van der Waals surface area contributed by atoms with E-state index in [-0.39, 0.29) is 22.3 Å². The summed E-state index contributed by atoms with van der Waals surface area (Å²) in [5.74, 6) is -3.45. The van der Waals surface area contributed by atoms with Crippen molar-refractivity contribution in [3.05, 3.63) is 75.3 Å². The topological polar surface area (TPSA) is 108 Å². The minimum absolute atomic E-state index is 0.0603. The van der Waals surface area contributed by atoms with Gasteiger partial charge in [-0.3, -0.25) is 14.4 Å². The lowest BCUT2D eigenvalue weighted by Gasteiger charge is -2.31. The van der Waals surface area contributed by atoms with E-state index in [9.17, 15) is 19.6 Å². The van der Waals surface area contributed by atoms with Crippen LogP contribution < -0.4 is 10.6 Å². The Morgan fingerprint density at radius 1 is 1.24 bits per heavy atom. The van der Waals surface area contributed by atoms with Gasteiger partial charge in [0.25, 0.3) is 0 Å². The third-order valence-electron chi connectivity index (χ3n) is 5.40. The number of halogens is 1. The van der Waals surface area contributed by atoms with Crippen molar-refractivity contribution in [1.82, 2.24) is 5.32 Å². The first kappa shape index (κ1) is 25.3. The van der Waals surface area contributed by atoms with Crippen LogP contribution in [0.4, 0.5) is 5.69 Å². The average Bonchev–Trinajstić information content (AvgIpc) is 2.81. The number of nitrogens with zero attached hydrogens (tertiary/aromatic N) is 1. The van der Waals surface area contributed by atoms with E-state index in [0.29, 0.717) is 22.2 Å². The molecule has 1 aliphatic rings. The molecule has 2 aromatic rings. The number of carbonyl (C=O) groups excluding carboxylic acids is 3. The third-order valence-corrected chi connectivity index (χ3v) is 6.65. The van der Waals surface area contributed by atoms with Crippen LogP contribution in [-0.4, -0.2) is 30.6 Å². The quantitative estimate of drug-likeness (QED) is 0.428. The van der Waals surface area contributed by atoms with Crippen molar-refractivity contribution >= 4 is 46.8 Å². The number of allylic oxidation sites excluding steroid dienone is 1. The van der Waals surface area contributed by atoms with Gasteiger partial charge in [-0.25, -0.2) is 0 Å². The summed E-state index contributed by atoms with van der Waals surface area (Å²) in [6.45, 7) is 4.12. The molecule has 0 bridgehead atoms. The Hall–Kier alpha value is -3.28. The van der Waals surface area contributed by atoms with Gasteiger partial charge in [0.05, 0.1) is 29.5 Å². The van der Waals surface area contributed by atoms with Gasteiger partial charge in [-0.1, -0.05) is 67.5 Å². The number of carbonyl (C=O) groups is 3. The summed E-state index contributed by atoms with van der Waals surface area (Å²) < 4.78 is 4.86. The molecule has 1 heterocycles. The minimum atomic E-state index is -1.21. The second-order valence-corrected chi connectivity index (χ2v) is 9.41. The lowest BCUT2D eigenvalue weighted by molar-refractivity contribution is -0.150. The zero-order valence-electron chi connectivity index (χ0n) is 18.9.